The Hall–Kier alpha value is -5.37. The second kappa shape index (κ2) is 14.1. The molecule has 51 heavy (non-hydrogen) atoms. The fourth-order valence-electron chi connectivity index (χ4n) is 6.12. The molecule has 1 aliphatic rings. The van der Waals surface area contributed by atoms with Crippen molar-refractivity contribution in [2.45, 2.75) is 57.5 Å². The van der Waals surface area contributed by atoms with Crippen molar-refractivity contribution in [3.05, 3.63) is 102 Å². The van der Waals surface area contributed by atoms with Crippen LogP contribution in [-0.4, -0.2) is 64.8 Å². The van der Waals surface area contributed by atoms with Crippen LogP contribution in [0.4, 0.5) is 25.2 Å². The number of nitrogens with zero attached hydrogens (tertiary/aromatic N) is 4. The molecule has 11 nitrogen and oxygen atoms in total. The Morgan fingerprint density at radius 2 is 1.76 bits per heavy atom. The zero-order chi connectivity index (χ0) is 36.5. The first-order valence-electron chi connectivity index (χ1n) is 16.3. The lowest BCUT2D eigenvalue weighted by atomic mass is 9.85. The Morgan fingerprint density at radius 3 is 2.49 bits per heavy atom. The van der Waals surface area contributed by atoms with Gasteiger partial charge in [0.15, 0.2) is 0 Å². The standard InChI is InChI=1S/C37H38F2N6O5S/c1-22-12-13-26-27(14-15-30(39)32(26)44-51(48,49)21-23-9-6-5-7-10-23)33(22)50-34-28(11-8-16-40-34)31-29(37(2,3)4)18-41-35(43-31)42-25-17-24(38)19-45(20-25)36(46)47/h5-16,18,24-25,44H,17,19-21H2,1-4H3,(H,46,47)(H,41,42,43)/t24-,25-/m0/s1. The van der Waals surface area contributed by atoms with Gasteiger partial charge in [-0.05, 0) is 47.7 Å². The number of benzene rings is 3. The molecule has 14 heteroatoms. The largest absolute Gasteiger partial charge is 0.465 e. The van der Waals surface area contributed by atoms with Crippen molar-refractivity contribution in [1.82, 2.24) is 19.9 Å². The highest BCUT2D eigenvalue weighted by atomic mass is 32.2. The fraction of sp³-hybridized carbons (Fsp3) is 0.297. The van der Waals surface area contributed by atoms with Gasteiger partial charge in [-0.15, -0.1) is 0 Å². The summed E-state index contributed by atoms with van der Waals surface area (Å²) < 4.78 is 65.1. The predicted molar refractivity (Wildman–Crippen MR) is 192 cm³/mol. The van der Waals surface area contributed by atoms with E-state index in [2.05, 4.69) is 20.0 Å². The van der Waals surface area contributed by atoms with Crippen LogP contribution in [0.5, 0.6) is 11.6 Å². The minimum absolute atomic E-state index is 0.0715. The third-order valence-electron chi connectivity index (χ3n) is 8.58. The van der Waals surface area contributed by atoms with E-state index in [1.54, 1.807) is 67.0 Å². The molecular weight excluding hydrogens is 679 g/mol. The maximum Gasteiger partial charge on any atom is 0.407 e. The number of carboxylic acid groups (broad SMARTS) is 1. The number of aryl methyl sites for hydroxylation is 1. The second-order valence-corrected chi connectivity index (χ2v) is 15.3. The molecule has 0 saturated carbocycles. The second-order valence-electron chi connectivity index (χ2n) is 13.6. The van der Waals surface area contributed by atoms with Crippen molar-refractivity contribution in [3.63, 3.8) is 0 Å². The Morgan fingerprint density at radius 1 is 1.02 bits per heavy atom. The molecule has 1 aliphatic heterocycles. The number of aromatic nitrogens is 3. The minimum atomic E-state index is -3.99. The molecule has 2 aromatic heterocycles. The number of ether oxygens (including phenoxy) is 1. The number of likely N-dealkylation sites (tertiary alicyclic amines) is 1. The minimum Gasteiger partial charge on any atom is -0.465 e. The molecule has 5 aromatic rings. The molecule has 266 valence electrons. The summed E-state index contributed by atoms with van der Waals surface area (Å²) in [5.74, 6) is -0.383. The molecule has 2 atom stereocenters. The zero-order valence-electron chi connectivity index (χ0n) is 28.5. The average Bonchev–Trinajstić information content (AvgIpc) is 3.07. The number of pyridine rings is 1. The molecule has 0 bridgehead atoms. The topological polar surface area (TPSA) is 147 Å². The number of rotatable bonds is 9. The third kappa shape index (κ3) is 8.01. The molecule has 3 N–H and O–H groups in total. The summed E-state index contributed by atoms with van der Waals surface area (Å²) in [6.07, 6.45) is 0.788. The normalized spacial score (nSPS) is 16.5. The monoisotopic (exact) mass is 716 g/mol. The summed E-state index contributed by atoms with van der Waals surface area (Å²) in [5, 5.41) is 13.3. The van der Waals surface area contributed by atoms with Gasteiger partial charge in [-0.2, -0.15) is 0 Å². The van der Waals surface area contributed by atoms with Gasteiger partial charge in [-0.25, -0.2) is 36.9 Å². The third-order valence-corrected chi connectivity index (χ3v) is 9.81. The molecule has 1 saturated heterocycles. The van der Waals surface area contributed by atoms with E-state index >= 15 is 4.39 Å². The number of sulfonamides is 1. The summed E-state index contributed by atoms with van der Waals surface area (Å²) in [4.78, 5) is 26.5. The van der Waals surface area contributed by atoms with Gasteiger partial charge in [0.2, 0.25) is 21.9 Å². The van der Waals surface area contributed by atoms with Crippen LogP contribution in [0.3, 0.4) is 0 Å². The van der Waals surface area contributed by atoms with E-state index in [1.807, 2.05) is 27.7 Å². The number of alkyl halides is 1. The lowest BCUT2D eigenvalue weighted by molar-refractivity contribution is 0.102. The summed E-state index contributed by atoms with van der Waals surface area (Å²) in [6.45, 7) is 7.70. The van der Waals surface area contributed by atoms with E-state index in [4.69, 9.17) is 9.72 Å². The first-order valence-corrected chi connectivity index (χ1v) is 18.0. The van der Waals surface area contributed by atoms with Gasteiger partial charge in [-0.3, -0.25) is 4.72 Å². The molecule has 3 aromatic carbocycles. The van der Waals surface area contributed by atoms with Gasteiger partial charge in [0.05, 0.1) is 29.2 Å². The highest BCUT2D eigenvalue weighted by molar-refractivity contribution is 7.91. The van der Waals surface area contributed by atoms with Gasteiger partial charge in [0, 0.05) is 47.7 Å². The number of carbonyl (C=O) groups is 1. The van der Waals surface area contributed by atoms with Crippen molar-refractivity contribution >= 4 is 38.5 Å². The Balaban J connectivity index is 1.38. The van der Waals surface area contributed by atoms with E-state index in [9.17, 15) is 22.7 Å². The van der Waals surface area contributed by atoms with E-state index in [0.29, 0.717) is 38.9 Å². The van der Waals surface area contributed by atoms with Crippen LogP contribution in [0.2, 0.25) is 0 Å². The molecule has 0 unspecified atom stereocenters. The number of hydrogen-bond acceptors (Lipinski definition) is 8. The zero-order valence-corrected chi connectivity index (χ0v) is 29.3. The number of halogens is 2. The number of anilines is 2. The maximum absolute atomic E-state index is 15.3. The van der Waals surface area contributed by atoms with Crippen LogP contribution < -0.4 is 14.8 Å². The summed E-state index contributed by atoms with van der Waals surface area (Å²) in [6, 6.07) is 17.6. The Labute approximate surface area is 294 Å². The summed E-state index contributed by atoms with van der Waals surface area (Å²) in [7, 11) is -3.99. The number of fused-ring (bicyclic) bond motifs is 1. The summed E-state index contributed by atoms with van der Waals surface area (Å²) >= 11 is 0. The van der Waals surface area contributed by atoms with Crippen LogP contribution in [0.15, 0.2) is 79.1 Å². The van der Waals surface area contributed by atoms with Crippen molar-refractivity contribution < 1.29 is 31.8 Å². The molecule has 1 fully saturated rings. The average molecular weight is 717 g/mol. The maximum atomic E-state index is 15.3. The van der Waals surface area contributed by atoms with Crippen LogP contribution in [0.1, 0.15) is 43.9 Å². The molecule has 0 radical (unpaired) electrons. The first-order chi connectivity index (χ1) is 24.2. The molecule has 1 amide bonds. The SMILES string of the molecule is Cc1ccc2c(NS(=O)(=O)Cc3ccccc3)c(F)ccc2c1Oc1ncccc1-c1nc(N[C@H]2C[C@H](F)CN(C(=O)O)C2)ncc1C(C)(C)C. The van der Waals surface area contributed by atoms with Gasteiger partial charge >= 0.3 is 6.09 Å². The fourth-order valence-corrected chi connectivity index (χ4v) is 7.34. The van der Waals surface area contributed by atoms with Crippen LogP contribution in [0.25, 0.3) is 22.0 Å². The van der Waals surface area contributed by atoms with Crippen molar-refractivity contribution in [2.75, 3.05) is 23.1 Å². The van der Waals surface area contributed by atoms with Crippen LogP contribution >= 0.6 is 0 Å². The van der Waals surface area contributed by atoms with E-state index < -0.39 is 39.6 Å². The molecule has 3 heterocycles. The van der Waals surface area contributed by atoms with Crippen molar-refractivity contribution in [1.29, 1.82) is 0 Å². The van der Waals surface area contributed by atoms with Gasteiger partial charge in [-0.1, -0.05) is 63.2 Å². The molecule has 0 aliphatic carbocycles. The predicted octanol–water partition coefficient (Wildman–Crippen LogP) is 7.67. The van der Waals surface area contributed by atoms with E-state index in [-0.39, 0.29) is 42.8 Å². The Bertz CT molecular complexity index is 2200. The smallest absolute Gasteiger partial charge is 0.407 e. The van der Waals surface area contributed by atoms with Gasteiger partial charge in [0.25, 0.3) is 0 Å². The molecule has 0 spiro atoms. The van der Waals surface area contributed by atoms with E-state index in [1.165, 1.54) is 12.1 Å². The molecular formula is C37H38F2N6O5S. The summed E-state index contributed by atoms with van der Waals surface area (Å²) in [5.41, 5.74) is 2.37. The van der Waals surface area contributed by atoms with Gasteiger partial charge < -0.3 is 20.1 Å². The molecule has 6 rings (SSSR count). The van der Waals surface area contributed by atoms with Crippen LogP contribution in [0, 0.1) is 12.7 Å². The lowest BCUT2D eigenvalue weighted by Crippen LogP contribution is -2.49. The van der Waals surface area contributed by atoms with E-state index in [0.717, 1.165) is 10.5 Å². The highest BCUT2D eigenvalue weighted by Gasteiger charge is 2.31. The number of piperidine rings is 1. The van der Waals surface area contributed by atoms with Crippen molar-refractivity contribution in [3.8, 4) is 22.9 Å². The number of nitrogens with one attached hydrogen (secondary N) is 2. The number of hydrogen-bond donors (Lipinski definition) is 3. The quantitative estimate of drug-likeness (QED) is 0.140. The first kappa shape index (κ1) is 35.5. The lowest BCUT2D eigenvalue weighted by Gasteiger charge is -2.33. The Kier molecular flexibility index (Phi) is 9.80. The van der Waals surface area contributed by atoms with Crippen LogP contribution in [-0.2, 0) is 21.2 Å². The van der Waals surface area contributed by atoms with Crippen molar-refractivity contribution in [2.24, 2.45) is 0 Å². The van der Waals surface area contributed by atoms with Gasteiger partial charge in [0.1, 0.15) is 17.7 Å². The number of amides is 1. The highest BCUT2D eigenvalue weighted by Crippen LogP contribution is 2.41.